The quantitative estimate of drug-likeness (QED) is 0.0885. The highest BCUT2D eigenvalue weighted by atomic mass is 35.5. The zero-order chi connectivity index (χ0) is 53.2. The number of fused-ring (bicyclic) bond motifs is 4. The van der Waals surface area contributed by atoms with E-state index in [1.165, 1.54) is 13.8 Å². The van der Waals surface area contributed by atoms with Crippen molar-refractivity contribution < 1.29 is 80.2 Å². The Morgan fingerprint density at radius 3 is 2.14 bits per heavy atom. The summed E-state index contributed by atoms with van der Waals surface area (Å²) in [7, 11) is -8.78. The number of carboxylic acid groups (broad SMARTS) is 1. The van der Waals surface area contributed by atoms with E-state index in [9.17, 15) is 71.4 Å². The van der Waals surface area contributed by atoms with Crippen LogP contribution in [0.5, 0.6) is 0 Å². The minimum absolute atomic E-state index is 0.0115. The summed E-state index contributed by atoms with van der Waals surface area (Å²) in [5.41, 5.74) is -6.09. The highest BCUT2D eigenvalue weighted by Gasteiger charge is 2.68. The van der Waals surface area contributed by atoms with Crippen LogP contribution in [0.4, 0.5) is 49.7 Å². The molecule has 2 amide bonds. The second-order valence-electron chi connectivity index (χ2n) is 18.2. The van der Waals surface area contributed by atoms with E-state index in [2.05, 4.69) is 32.3 Å². The smallest absolute Gasteiger partial charge is 0.435 e. The van der Waals surface area contributed by atoms with Crippen molar-refractivity contribution in [1.29, 1.82) is 0 Å². The van der Waals surface area contributed by atoms with Crippen LogP contribution in [0.1, 0.15) is 72.6 Å². The van der Waals surface area contributed by atoms with Crippen LogP contribution in [-0.2, 0) is 65.9 Å². The average molecular weight is 1080 g/mol. The van der Waals surface area contributed by atoms with Crippen molar-refractivity contribution in [2.24, 2.45) is 17.8 Å². The number of rotatable bonds is 13. The van der Waals surface area contributed by atoms with E-state index in [4.69, 9.17) is 11.6 Å². The second-order valence-corrected chi connectivity index (χ2v) is 23.0. The molecule has 0 aliphatic heterocycles. The number of nitrogens with one attached hydrogen (secondary N) is 1. The zero-order valence-corrected chi connectivity index (χ0v) is 39.8. The Labute approximate surface area is 406 Å². The van der Waals surface area contributed by atoms with E-state index in [1.54, 1.807) is 0 Å². The van der Waals surface area contributed by atoms with Gasteiger partial charge in [0, 0.05) is 34.9 Å². The molecule has 0 unspecified atom stereocenters. The third-order valence-electron chi connectivity index (χ3n) is 12.5. The number of benzene rings is 2. The van der Waals surface area contributed by atoms with E-state index >= 15 is 8.78 Å². The third-order valence-corrected chi connectivity index (χ3v) is 15.7. The zero-order valence-electron chi connectivity index (χ0n) is 37.4. The largest absolute Gasteiger partial charge is 0.481 e. The summed E-state index contributed by atoms with van der Waals surface area (Å²) in [5, 5.41) is 18.0. The average Bonchev–Trinajstić information content (AvgIpc) is 4.12. The first-order chi connectivity index (χ1) is 33.1. The number of hydrogen-bond acceptors (Lipinski definition) is 10. The van der Waals surface area contributed by atoms with Gasteiger partial charge in [0.1, 0.15) is 40.9 Å². The van der Waals surface area contributed by atoms with Gasteiger partial charge in [-0.05, 0) is 80.8 Å². The number of carboxylic acids is 1. The van der Waals surface area contributed by atoms with Crippen molar-refractivity contribution >= 4 is 66.0 Å². The lowest BCUT2D eigenvalue weighted by atomic mass is 9.93. The number of carbonyl (C=O) groups excluding carboxylic acids is 2. The van der Waals surface area contributed by atoms with E-state index in [0.717, 1.165) is 42.7 Å². The lowest BCUT2D eigenvalue weighted by Crippen LogP contribution is -2.38. The number of nitrogens with zero attached hydrogens (tertiary/aromatic N) is 6. The molecule has 72 heavy (non-hydrogen) atoms. The number of pyridine rings is 1. The van der Waals surface area contributed by atoms with E-state index < -0.39 is 171 Å². The summed E-state index contributed by atoms with van der Waals surface area (Å²) in [6, 6.07) is 4.60. The van der Waals surface area contributed by atoms with Crippen molar-refractivity contribution in [3.05, 3.63) is 93.0 Å². The Bertz CT molecular complexity index is 3420. The fourth-order valence-electron chi connectivity index (χ4n) is 8.72. The van der Waals surface area contributed by atoms with Crippen molar-refractivity contribution in [2.45, 2.75) is 81.2 Å². The highest BCUT2D eigenvalue weighted by Crippen LogP contribution is 2.68. The third kappa shape index (κ3) is 9.83. The fraction of sp³-hybridized carbons (Fsp3) is 0.409. The monoisotopic (exact) mass is 1080 g/mol. The van der Waals surface area contributed by atoms with Crippen molar-refractivity contribution in [3.63, 3.8) is 0 Å². The van der Waals surface area contributed by atoms with Gasteiger partial charge in [-0.2, -0.15) is 49.6 Å². The van der Waals surface area contributed by atoms with Crippen LogP contribution in [0, 0.1) is 41.2 Å². The van der Waals surface area contributed by atoms with E-state index in [-0.39, 0.29) is 43.3 Å². The number of alkyl halides is 8. The van der Waals surface area contributed by atoms with Crippen molar-refractivity contribution in [1.82, 2.24) is 29.9 Å². The SMILES string of the molecule is CC(C)(C#Cc1ccc(-c2ccc(Cl)c3c(N(C(=O)[C@H]4C[C@H]4C(=O)O)S(C)(=O)=O)nn(CC(F)(F)F)c23)c([C@H](Cc2cc(F)cc(F)c2)NC(=O)Cn2nc(C(F)(F)F)c3c2C(F)(F)[C@@H]2C[C@H]32)n1)S(C)(=O)=O. The van der Waals surface area contributed by atoms with Crippen LogP contribution in [-0.4, -0.2) is 87.7 Å². The van der Waals surface area contributed by atoms with Crippen LogP contribution < -0.4 is 9.62 Å². The lowest BCUT2D eigenvalue weighted by Gasteiger charge is -2.23. The van der Waals surface area contributed by atoms with Crippen molar-refractivity contribution in [2.75, 3.05) is 16.8 Å². The van der Waals surface area contributed by atoms with E-state index in [0.29, 0.717) is 12.3 Å². The maximum absolute atomic E-state index is 15.6. The topological polar surface area (TPSA) is 204 Å². The number of sulfonamides is 1. The first kappa shape index (κ1) is 52.1. The molecule has 2 aromatic carbocycles. The van der Waals surface area contributed by atoms with E-state index in [1.807, 2.05) is 0 Å². The summed E-state index contributed by atoms with van der Waals surface area (Å²) >= 11 is 6.61. The van der Waals surface area contributed by atoms with Crippen LogP contribution in [0.3, 0.4) is 0 Å². The molecule has 3 heterocycles. The first-order valence-corrected chi connectivity index (χ1v) is 25.3. The second kappa shape index (κ2) is 17.5. The molecule has 0 radical (unpaired) electrons. The molecular weight excluding hydrogens is 1040 g/mol. The Balaban J connectivity index is 1.36. The minimum atomic E-state index is -5.23. The fourth-order valence-corrected chi connectivity index (χ4v) is 10.1. The van der Waals surface area contributed by atoms with Crippen molar-refractivity contribution in [3.8, 4) is 23.0 Å². The van der Waals surface area contributed by atoms with Crippen LogP contribution in [0.2, 0.25) is 5.02 Å². The highest BCUT2D eigenvalue weighted by molar-refractivity contribution is 7.93. The summed E-state index contributed by atoms with van der Waals surface area (Å²) in [6.07, 6.45) is -10.4. The molecule has 0 bridgehead atoms. The molecule has 384 valence electrons. The van der Waals surface area contributed by atoms with Gasteiger partial charge in [-0.3, -0.25) is 23.7 Å². The summed E-state index contributed by atoms with van der Waals surface area (Å²) in [6.45, 7) is -0.881. The predicted molar refractivity (Wildman–Crippen MR) is 234 cm³/mol. The van der Waals surface area contributed by atoms with Gasteiger partial charge in [0.15, 0.2) is 21.3 Å². The Hall–Kier alpha value is -6.27. The molecule has 15 nitrogen and oxygen atoms in total. The minimum Gasteiger partial charge on any atom is -0.481 e. The normalized spacial score (nSPS) is 19.8. The molecule has 0 spiro atoms. The summed E-state index contributed by atoms with van der Waals surface area (Å²) < 4.78 is 198. The van der Waals surface area contributed by atoms with Gasteiger partial charge in [-0.25, -0.2) is 30.6 Å². The molecular formula is C44H36ClF10N7O8S2. The number of sulfone groups is 1. The lowest BCUT2D eigenvalue weighted by molar-refractivity contribution is -0.143. The van der Waals surface area contributed by atoms with Crippen LogP contribution >= 0.6 is 11.6 Å². The molecule has 3 aliphatic carbocycles. The Morgan fingerprint density at radius 1 is 0.931 bits per heavy atom. The molecule has 2 N–H and O–H groups in total. The number of aliphatic carboxylic acids is 1. The Kier molecular flexibility index (Phi) is 12.6. The molecule has 5 atom stereocenters. The van der Waals surface area contributed by atoms with Crippen LogP contribution in [0.25, 0.3) is 22.0 Å². The van der Waals surface area contributed by atoms with Gasteiger partial charge in [0.25, 0.3) is 5.92 Å². The maximum atomic E-state index is 15.6. The molecule has 0 saturated heterocycles. The van der Waals surface area contributed by atoms with Gasteiger partial charge in [-0.15, -0.1) is 0 Å². The number of aromatic nitrogens is 5. The van der Waals surface area contributed by atoms with Gasteiger partial charge in [0.05, 0.1) is 45.8 Å². The summed E-state index contributed by atoms with van der Waals surface area (Å²) in [5.74, 6) is -11.8. The predicted octanol–water partition coefficient (Wildman–Crippen LogP) is 7.30. The first-order valence-electron chi connectivity index (χ1n) is 21.2. The standard InChI is InChI=1S/C44H36ClF10N7O8S2/c1-41(2,71(3,67)68)10-9-22-5-6-23(24-7-8-29(45)33-35(24)61(18-42(48,49)50)59-38(33)62(72(4,69)70)39(64)25-15-26(25)40(65)66)34(56-22)30(13-19-11-20(46)14-21(47)12-19)57-31(63)17-60-37-32(36(58-60)44(53,54)55)27-16-28(27)43(37,51)52/h5-8,11-12,14,25-28,30H,13,15-18H2,1-4H3,(H,57,63)(H,65,66)/t25-,26+,27-,28+,30-/m0/s1. The molecule has 3 aromatic heterocycles. The Morgan fingerprint density at radius 2 is 1.57 bits per heavy atom. The number of halogens is 11. The van der Waals surface area contributed by atoms with Gasteiger partial charge >= 0.3 is 18.3 Å². The molecule has 28 heteroatoms. The molecule has 2 saturated carbocycles. The molecule has 2 fully saturated rings. The van der Waals surface area contributed by atoms with Gasteiger partial charge in [-0.1, -0.05) is 23.6 Å². The molecule has 3 aliphatic rings. The van der Waals surface area contributed by atoms with Crippen LogP contribution in [0.15, 0.2) is 42.5 Å². The van der Waals surface area contributed by atoms with Gasteiger partial charge < -0.3 is 10.4 Å². The molecule has 8 rings (SSSR count). The molecule has 5 aromatic rings. The maximum Gasteiger partial charge on any atom is 0.435 e. The summed E-state index contributed by atoms with van der Waals surface area (Å²) in [4.78, 5) is 44.2. The van der Waals surface area contributed by atoms with Gasteiger partial charge in [0.2, 0.25) is 21.8 Å². The number of amides is 2. The number of carbonyl (C=O) groups is 3. The number of hydrogen-bond donors (Lipinski definition) is 2. The number of anilines is 1.